The van der Waals surface area contributed by atoms with E-state index < -0.39 is 0 Å². The number of piperidine rings is 1. The van der Waals surface area contributed by atoms with Crippen LogP contribution in [0.15, 0.2) is 0 Å². The summed E-state index contributed by atoms with van der Waals surface area (Å²) in [6.45, 7) is 7.72. The van der Waals surface area contributed by atoms with E-state index in [0.29, 0.717) is 24.6 Å². The van der Waals surface area contributed by atoms with Crippen molar-refractivity contribution in [2.24, 2.45) is 5.92 Å². The molecule has 0 bridgehead atoms. The second-order valence-corrected chi connectivity index (χ2v) is 7.68. The number of nitrogens with zero attached hydrogens (tertiary/aromatic N) is 1. The highest BCUT2D eigenvalue weighted by Crippen LogP contribution is 2.22. The first kappa shape index (κ1) is 15.3. The van der Waals surface area contributed by atoms with E-state index in [1.54, 1.807) is 16.7 Å². The Kier molecular flexibility index (Phi) is 5.50. The van der Waals surface area contributed by atoms with E-state index in [-0.39, 0.29) is 16.6 Å². The fourth-order valence-corrected chi connectivity index (χ4v) is 2.44. The highest BCUT2D eigenvalue weighted by Gasteiger charge is 2.23. The number of hydrogen-bond acceptors (Lipinski definition) is 3. The summed E-state index contributed by atoms with van der Waals surface area (Å²) in [7, 11) is 1.83. The van der Waals surface area contributed by atoms with Gasteiger partial charge in [0.1, 0.15) is 0 Å². The molecule has 18 heavy (non-hydrogen) atoms. The van der Waals surface area contributed by atoms with Gasteiger partial charge in [0.05, 0.1) is 5.75 Å². The zero-order valence-corrected chi connectivity index (χ0v) is 12.6. The standard InChI is InChI=1S/C13H24N2O2S/c1-13(2,3)18-9-11(16)14-8-10-5-6-15(4)12(17)7-10/h10H,5-9H2,1-4H3,(H,14,16)/t10-/m1/s1. The molecule has 0 aromatic rings. The third-order valence-electron chi connectivity index (χ3n) is 2.99. The summed E-state index contributed by atoms with van der Waals surface area (Å²) in [6, 6.07) is 0. The van der Waals surface area contributed by atoms with E-state index in [1.807, 2.05) is 7.05 Å². The molecule has 0 radical (unpaired) electrons. The molecule has 1 heterocycles. The third-order valence-corrected chi connectivity index (χ3v) is 4.26. The first-order chi connectivity index (χ1) is 8.28. The van der Waals surface area contributed by atoms with Crippen LogP contribution in [0.3, 0.4) is 0 Å². The molecule has 1 aliphatic rings. The van der Waals surface area contributed by atoms with Crippen molar-refractivity contribution in [3.63, 3.8) is 0 Å². The van der Waals surface area contributed by atoms with Crippen LogP contribution in [0.5, 0.6) is 0 Å². The van der Waals surface area contributed by atoms with Crippen LogP contribution in [0, 0.1) is 5.92 Å². The summed E-state index contributed by atoms with van der Waals surface area (Å²) in [5.74, 6) is 1.05. The molecule has 0 aliphatic carbocycles. The summed E-state index contributed by atoms with van der Waals surface area (Å²) < 4.78 is 0.112. The van der Waals surface area contributed by atoms with Gasteiger partial charge in [-0.3, -0.25) is 9.59 Å². The number of amides is 2. The number of hydrogen-bond donors (Lipinski definition) is 1. The Morgan fingerprint density at radius 1 is 1.50 bits per heavy atom. The lowest BCUT2D eigenvalue weighted by Crippen LogP contribution is -2.40. The minimum absolute atomic E-state index is 0.0707. The fraction of sp³-hybridized carbons (Fsp3) is 0.846. The van der Waals surface area contributed by atoms with Crippen molar-refractivity contribution in [3.05, 3.63) is 0 Å². The van der Waals surface area contributed by atoms with Crippen molar-refractivity contribution >= 4 is 23.6 Å². The predicted molar refractivity (Wildman–Crippen MR) is 75.6 cm³/mol. The highest BCUT2D eigenvalue weighted by atomic mass is 32.2. The van der Waals surface area contributed by atoms with E-state index in [4.69, 9.17) is 0 Å². The molecule has 0 aromatic heterocycles. The zero-order valence-electron chi connectivity index (χ0n) is 11.8. The van der Waals surface area contributed by atoms with Gasteiger partial charge < -0.3 is 10.2 Å². The Morgan fingerprint density at radius 3 is 2.72 bits per heavy atom. The van der Waals surface area contributed by atoms with Crippen molar-refractivity contribution in [3.8, 4) is 0 Å². The number of carbonyl (C=O) groups excluding carboxylic acids is 2. The average molecular weight is 272 g/mol. The molecule has 1 saturated heterocycles. The summed E-state index contributed by atoms with van der Waals surface area (Å²) in [5, 5.41) is 2.93. The molecule has 0 unspecified atom stereocenters. The van der Waals surface area contributed by atoms with Crippen molar-refractivity contribution in [2.45, 2.75) is 38.4 Å². The van der Waals surface area contributed by atoms with Gasteiger partial charge in [-0.05, 0) is 12.3 Å². The first-order valence-corrected chi connectivity index (χ1v) is 7.41. The molecule has 104 valence electrons. The molecule has 1 aliphatic heterocycles. The first-order valence-electron chi connectivity index (χ1n) is 6.42. The van der Waals surface area contributed by atoms with Crippen LogP contribution in [0.25, 0.3) is 0 Å². The lowest BCUT2D eigenvalue weighted by molar-refractivity contribution is -0.133. The molecule has 0 saturated carbocycles. The monoisotopic (exact) mass is 272 g/mol. The molecule has 5 heteroatoms. The Bertz CT molecular complexity index is 313. The van der Waals surface area contributed by atoms with Crippen LogP contribution >= 0.6 is 11.8 Å². The topological polar surface area (TPSA) is 49.4 Å². The zero-order chi connectivity index (χ0) is 13.8. The van der Waals surface area contributed by atoms with Crippen LogP contribution in [0.2, 0.25) is 0 Å². The van der Waals surface area contributed by atoms with Gasteiger partial charge in [-0.1, -0.05) is 20.8 Å². The largest absolute Gasteiger partial charge is 0.355 e. The molecule has 4 nitrogen and oxygen atoms in total. The summed E-state index contributed by atoms with van der Waals surface area (Å²) in [6.07, 6.45) is 1.54. The van der Waals surface area contributed by atoms with E-state index in [1.165, 1.54) is 0 Å². The predicted octanol–water partition coefficient (Wildman–Crippen LogP) is 1.50. The lowest BCUT2D eigenvalue weighted by Gasteiger charge is -2.28. The molecule has 0 aromatic carbocycles. The smallest absolute Gasteiger partial charge is 0.230 e. The van der Waals surface area contributed by atoms with Crippen LogP contribution < -0.4 is 5.32 Å². The average Bonchev–Trinajstić information content (AvgIpc) is 2.27. The minimum Gasteiger partial charge on any atom is -0.355 e. The van der Waals surface area contributed by atoms with E-state index in [0.717, 1.165) is 13.0 Å². The molecule has 1 atom stereocenters. The molecule has 0 spiro atoms. The van der Waals surface area contributed by atoms with Crippen molar-refractivity contribution in [1.82, 2.24) is 10.2 Å². The van der Waals surface area contributed by atoms with Gasteiger partial charge in [-0.2, -0.15) is 0 Å². The molecule has 1 rings (SSSR count). The third kappa shape index (κ3) is 5.76. The van der Waals surface area contributed by atoms with E-state index in [9.17, 15) is 9.59 Å². The van der Waals surface area contributed by atoms with Crippen molar-refractivity contribution in [1.29, 1.82) is 0 Å². The number of rotatable bonds is 4. The van der Waals surface area contributed by atoms with Crippen LogP contribution in [0.1, 0.15) is 33.6 Å². The number of nitrogens with one attached hydrogen (secondary N) is 1. The maximum absolute atomic E-state index is 11.7. The van der Waals surface area contributed by atoms with E-state index >= 15 is 0 Å². The van der Waals surface area contributed by atoms with E-state index in [2.05, 4.69) is 26.1 Å². The van der Waals surface area contributed by atoms with Crippen LogP contribution in [-0.2, 0) is 9.59 Å². The minimum atomic E-state index is 0.0707. The van der Waals surface area contributed by atoms with Gasteiger partial charge >= 0.3 is 0 Å². The Morgan fingerprint density at radius 2 is 2.17 bits per heavy atom. The van der Waals surface area contributed by atoms with Gasteiger partial charge in [-0.15, -0.1) is 11.8 Å². The maximum Gasteiger partial charge on any atom is 0.230 e. The maximum atomic E-state index is 11.7. The van der Waals surface area contributed by atoms with Crippen LogP contribution in [0.4, 0.5) is 0 Å². The lowest BCUT2D eigenvalue weighted by atomic mass is 9.96. The van der Waals surface area contributed by atoms with Crippen LogP contribution in [-0.4, -0.2) is 47.4 Å². The second-order valence-electron chi connectivity index (χ2n) is 5.88. The molecular formula is C13H24N2O2S. The normalized spacial score (nSPS) is 21.0. The van der Waals surface area contributed by atoms with Crippen molar-refractivity contribution < 1.29 is 9.59 Å². The Balaban J connectivity index is 2.21. The number of thioether (sulfide) groups is 1. The molecule has 2 amide bonds. The van der Waals surface area contributed by atoms with Gasteiger partial charge in [0, 0.05) is 31.3 Å². The Labute approximate surface area is 114 Å². The van der Waals surface area contributed by atoms with Gasteiger partial charge in [0.2, 0.25) is 11.8 Å². The summed E-state index contributed by atoms with van der Waals surface area (Å²) in [4.78, 5) is 24.9. The Hall–Kier alpha value is -0.710. The molecule has 1 N–H and O–H groups in total. The second kappa shape index (κ2) is 6.45. The van der Waals surface area contributed by atoms with Crippen molar-refractivity contribution in [2.75, 3.05) is 25.9 Å². The molecule has 1 fully saturated rings. The van der Waals surface area contributed by atoms with Gasteiger partial charge in [0.15, 0.2) is 0 Å². The summed E-state index contributed by atoms with van der Waals surface area (Å²) >= 11 is 1.64. The fourth-order valence-electron chi connectivity index (χ4n) is 1.77. The highest BCUT2D eigenvalue weighted by molar-refractivity contribution is 8.01. The van der Waals surface area contributed by atoms with Gasteiger partial charge in [-0.25, -0.2) is 0 Å². The summed E-state index contributed by atoms with van der Waals surface area (Å²) in [5.41, 5.74) is 0. The van der Waals surface area contributed by atoms with Gasteiger partial charge in [0.25, 0.3) is 0 Å². The molecular weight excluding hydrogens is 248 g/mol. The number of carbonyl (C=O) groups is 2. The quantitative estimate of drug-likeness (QED) is 0.844. The number of likely N-dealkylation sites (tertiary alicyclic amines) is 1. The SMILES string of the molecule is CN1CC[C@@H](CNC(=O)CSC(C)(C)C)CC1=O.